The summed E-state index contributed by atoms with van der Waals surface area (Å²) in [4.78, 5) is 39.8. The van der Waals surface area contributed by atoms with Gasteiger partial charge in [0.25, 0.3) is 5.56 Å². The van der Waals surface area contributed by atoms with Gasteiger partial charge in [-0.2, -0.15) is 0 Å². The van der Waals surface area contributed by atoms with Crippen LogP contribution in [0.3, 0.4) is 0 Å². The molecule has 1 saturated heterocycles. The van der Waals surface area contributed by atoms with E-state index in [9.17, 15) is 14.4 Å². The molecular weight excluding hydrogens is 308 g/mol. The van der Waals surface area contributed by atoms with Crippen molar-refractivity contribution in [3.63, 3.8) is 0 Å². The van der Waals surface area contributed by atoms with E-state index in [0.717, 1.165) is 13.0 Å². The van der Waals surface area contributed by atoms with E-state index in [1.54, 1.807) is 23.2 Å². The van der Waals surface area contributed by atoms with Gasteiger partial charge in [-0.25, -0.2) is 0 Å². The normalized spacial score (nSPS) is 16.0. The fraction of sp³-hybridized carbons (Fsp3) is 0.588. The predicted molar refractivity (Wildman–Crippen MR) is 91.6 cm³/mol. The quantitative estimate of drug-likeness (QED) is 0.816. The number of hydrogen-bond acceptors (Lipinski definition) is 4. The van der Waals surface area contributed by atoms with E-state index in [0.29, 0.717) is 26.2 Å². The molecule has 0 aromatic carbocycles. The smallest absolute Gasteiger partial charge is 0.250 e. The van der Waals surface area contributed by atoms with Crippen molar-refractivity contribution in [1.29, 1.82) is 0 Å². The van der Waals surface area contributed by atoms with Crippen LogP contribution in [0.1, 0.15) is 20.3 Å². The molecule has 1 N–H and O–H groups in total. The van der Waals surface area contributed by atoms with Gasteiger partial charge in [0, 0.05) is 44.5 Å². The van der Waals surface area contributed by atoms with Crippen molar-refractivity contribution in [3.05, 3.63) is 34.7 Å². The van der Waals surface area contributed by atoms with Gasteiger partial charge < -0.3 is 14.8 Å². The third kappa shape index (κ3) is 5.49. The molecular formula is C17H26N4O3. The molecule has 0 aliphatic carbocycles. The minimum atomic E-state index is -0.173. The summed E-state index contributed by atoms with van der Waals surface area (Å²) in [7, 11) is 0. The summed E-state index contributed by atoms with van der Waals surface area (Å²) in [5.74, 6) is -0.0441. The lowest BCUT2D eigenvalue weighted by Gasteiger charge is -2.22. The SMILES string of the molecule is CC(C)NC(=O)CN1CCCN(C(=O)Cn2ccccc2=O)CC1. The second-order valence-corrected chi connectivity index (χ2v) is 6.40. The zero-order valence-electron chi connectivity index (χ0n) is 14.4. The van der Waals surface area contributed by atoms with Crippen LogP contribution in [0.5, 0.6) is 0 Å². The molecule has 1 aliphatic rings. The van der Waals surface area contributed by atoms with Gasteiger partial charge in [-0.05, 0) is 26.3 Å². The van der Waals surface area contributed by atoms with Crippen LogP contribution in [0.4, 0.5) is 0 Å². The molecule has 1 aromatic heterocycles. The van der Waals surface area contributed by atoms with Gasteiger partial charge in [0.2, 0.25) is 11.8 Å². The molecule has 1 fully saturated rings. The highest BCUT2D eigenvalue weighted by atomic mass is 16.2. The Morgan fingerprint density at radius 2 is 1.92 bits per heavy atom. The van der Waals surface area contributed by atoms with Crippen molar-refractivity contribution in [3.8, 4) is 0 Å². The van der Waals surface area contributed by atoms with Crippen LogP contribution in [0, 0.1) is 0 Å². The monoisotopic (exact) mass is 334 g/mol. The molecule has 1 aromatic rings. The number of hydrogen-bond donors (Lipinski definition) is 1. The number of pyridine rings is 1. The highest BCUT2D eigenvalue weighted by molar-refractivity contribution is 5.78. The maximum atomic E-state index is 12.4. The van der Waals surface area contributed by atoms with E-state index in [1.807, 2.05) is 13.8 Å². The van der Waals surface area contributed by atoms with Gasteiger partial charge in [0.1, 0.15) is 6.54 Å². The van der Waals surface area contributed by atoms with Crippen LogP contribution in [0.2, 0.25) is 0 Å². The Balaban J connectivity index is 1.86. The minimum absolute atomic E-state index is 0.0145. The molecule has 7 nitrogen and oxygen atoms in total. The summed E-state index contributed by atoms with van der Waals surface area (Å²) < 4.78 is 1.42. The maximum Gasteiger partial charge on any atom is 0.250 e. The lowest BCUT2D eigenvalue weighted by Crippen LogP contribution is -2.42. The number of amides is 2. The molecule has 132 valence electrons. The van der Waals surface area contributed by atoms with Gasteiger partial charge in [0.05, 0.1) is 6.54 Å². The summed E-state index contributed by atoms with van der Waals surface area (Å²) in [5.41, 5.74) is -0.173. The Morgan fingerprint density at radius 3 is 2.62 bits per heavy atom. The van der Waals surface area contributed by atoms with E-state index < -0.39 is 0 Å². The van der Waals surface area contributed by atoms with E-state index in [2.05, 4.69) is 10.2 Å². The average molecular weight is 334 g/mol. The molecule has 0 unspecified atom stereocenters. The summed E-state index contributed by atoms with van der Waals surface area (Å²) in [5, 5.41) is 2.88. The fourth-order valence-electron chi connectivity index (χ4n) is 2.79. The van der Waals surface area contributed by atoms with Crippen LogP contribution in [0.15, 0.2) is 29.2 Å². The van der Waals surface area contributed by atoms with Gasteiger partial charge in [0.15, 0.2) is 0 Å². The summed E-state index contributed by atoms with van der Waals surface area (Å²) >= 11 is 0. The molecule has 2 heterocycles. The molecule has 2 amide bonds. The van der Waals surface area contributed by atoms with E-state index >= 15 is 0 Å². The molecule has 7 heteroatoms. The Morgan fingerprint density at radius 1 is 1.12 bits per heavy atom. The standard InChI is InChI=1S/C17H26N4O3/c1-14(2)18-15(22)12-19-7-5-9-20(11-10-19)17(24)13-21-8-4-3-6-16(21)23/h3-4,6,8,14H,5,7,9-13H2,1-2H3,(H,18,22). The first kappa shape index (κ1) is 18.2. The Hall–Kier alpha value is -2.15. The number of rotatable bonds is 5. The third-order valence-corrected chi connectivity index (χ3v) is 3.96. The zero-order chi connectivity index (χ0) is 17.5. The van der Waals surface area contributed by atoms with Crippen LogP contribution in [-0.4, -0.2) is 64.9 Å². The van der Waals surface area contributed by atoms with Crippen molar-refractivity contribution < 1.29 is 9.59 Å². The van der Waals surface area contributed by atoms with Gasteiger partial charge in [-0.15, -0.1) is 0 Å². The molecule has 2 rings (SSSR count). The van der Waals surface area contributed by atoms with Gasteiger partial charge >= 0.3 is 0 Å². The second-order valence-electron chi connectivity index (χ2n) is 6.40. The Kier molecular flexibility index (Phi) is 6.54. The molecule has 0 saturated carbocycles. The molecule has 1 aliphatic heterocycles. The first-order chi connectivity index (χ1) is 11.5. The highest BCUT2D eigenvalue weighted by Gasteiger charge is 2.20. The topological polar surface area (TPSA) is 74.7 Å². The molecule has 0 radical (unpaired) electrons. The summed E-state index contributed by atoms with van der Waals surface area (Å²) in [6, 6.07) is 4.98. The minimum Gasteiger partial charge on any atom is -0.353 e. The first-order valence-corrected chi connectivity index (χ1v) is 8.40. The maximum absolute atomic E-state index is 12.4. The average Bonchev–Trinajstić information content (AvgIpc) is 2.74. The van der Waals surface area contributed by atoms with E-state index in [-0.39, 0.29) is 30.0 Å². The van der Waals surface area contributed by atoms with E-state index in [1.165, 1.54) is 10.6 Å². The lowest BCUT2D eigenvalue weighted by atomic mass is 10.3. The highest BCUT2D eigenvalue weighted by Crippen LogP contribution is 2.04. The molecule has 0 atom stereocenters. The third-order valence-electron chi connectivity index (χ3n) is 3.96. The zero-order valence-corrected chi connectivity index (χ0v) is 14.4. The Labute approximate surface area is 142 Å². The van der Waals surface area contributed by atoms with Crippen molar-refractivity contribution >= 4 is 11.8 Å². The van der Waals surface area contributed by atoms with E-state index in [4.69, 9.17) is 0 Å². The largest absolute Gasteiger partial charge is 0.353 e. The predicted octanol–water partition coefficient (Wildman–Crippen LogP) is -0.0928. The number of nitrogens with zero attached hydrogens (tertiary/aromatic N) is 3. The van der Waals surface area contributed by atoms with Crippen molar-refractivity contribution in [1.82, 2.24) is 19.7 Å². The number of nitrogens with one attached hydrogen (secondary N) is 1. The second kappa shape index (κ2) is 8.63. The summed E-state index contributed by atoms with van der Waals surface area (Å²) in [6.45, 7) is 6.99. The van der Waals surface area contributed by atoms with Crippen molar-refractivity contribution in [2.45, 2.75) is 32.9 Å². The Bertz CT molecular complexity index is 626. The number of aromatic nitrogens is 1. The van der Waals surface area contributed by atoms with Crippen LogP contribution in [0.25, 0.3) is 0 Å². The molecule has 0 spiro atoms. The van der Waals surface area contributed by atoms with Gasteiger partial charge in [-0.1, -0.05) is 6.07 Å². The fourth-order valence-corrected chi connectivity index (χ4v) is 2.79. The van der Waals surface area contributed by atoms with Gasteiger partial charge in [-0.3, -0.25) is 19.3 Å². The number of carbonyl (C=O) groups is 2. The van der Waals surface area contributed by atoms with Crippen molar-refractivity contribution in [2.75, 3.05) is 32.7 Å². The van der Waals surface area contributed by atoms with Crippen molar-refractivity contribution in [2.24, 2.45) is 0 Å². The van der Waals surface area contributed by atoms with Crippen LogP contribution < -0.4 is 10.9 Å². The number of carbonyl (C=O) groups excluding carboxylic acids is 2. The van der Waals surface area contributed by atoms with Crippen LogP contribution >= 0.6 is 0 Å². The summed E-state index contributed by atoms with van der Waals surface area (Å²) in [6.07, 6.45) is 2.45. The first-order valence-electron chi connectivity index (χ1n) is 8.40. The molecule has 0 bridgehead atoms. The lowest BCUT2D eigenvalue weighted by molar-refractivity contribution is -0.131. The molecule has 24 heavy (non-hydrogen) atoms. The van der Waals surface area contributed by atoms with Crippen LogP contribution in [-0.2, 0) is 16.1 Å².